The number of carbonyl (C=O) groups is 2. The molecule has 28 heavy (non-hydrogen) atoms. The fourth-order valence-electron chi connectivity index (χ4n) is 2.82. The summed E-state index contributed by atoms with van der Waals surface area (Å²) < 4.78 is 5.34. The number of hydrogen-bond donors (Lipinski definition) is 3. The summed E-state index contributed by atoms with van der Waals surface area (Å²) in [6.45, 7) is 2.62. The van der Waals surface area contributed by atoms with Gasteiger partial charge in [-0.1, -0.05) is 42.5 Å². The van der Waals surface area contributed by atoms with Crippen molar-refractivity contribution in [2.75, 3.05) is 11.9 Å². The van der Waals surface area contributed by atoms with Crippen LogP contribution in [0, 0.1) is 0 Å². The van der Waals surface area contributed by atoms with Crippen LogP contribution in [-0.4, -0.2) is 18.4 Å². The Morgan fingerprint density at radius 2 is 1.75 bits per heavy atom. The zero-order valence-corrected chi connectivity index (χ0v) is 15.7. The lowest BCUT2D eigenvalue weighted by Gasteiger charge is -2.12. The van der Waals surface area contributed by atoms with E-state index in [2.05, 4.69) is 10.6 Å². The van der Waals surface area contributed by atoms with Crippen molar-refractivity contribution in [2.24, 2.45) is 0 Å². The Morgan fingerprint density at radius 1 is 1.00 bits per heavy atom. The third kappa shape index (κ3) is 5.31. The first-order chi connectivity index (χ1) is 13.6. The van der Waals surface area contributed by atoms with E-state index >= 15 is 0 Å². The van der Waals surface area contributed by atoms with Crippen LogP contribution >= 0.6 is 0 Å². The maximum atomic E-state index is 12.6. The van der Waals surface area contributed by atoms with Crippen LogP contribution < -0.4 is 16.0 Å². The Hall–Kier alpha value is -3.38. The number of nitrogens with two attached hydrogens (primary N) is 1. The molecule has 0 saturated heterocycles. The Balaban J connectivity index is 1.56. The lowest BCUT2D eigenvalue weighted by molar-refractivity contribution is -0.684. The van der Waals surface area contributed by atoms with E-state index in [-0.39, 0.29) is 24.4 Å². The third-order valence-corrected chi connectivity index (χ3v) is 4.39. The summed E-state index contributed by atoms with van der Waals surface area (Å²) in [6, 6.07) is 20.4. The highest BCUT2D eigenvalue weighted by Gasteiger charge is 2.16. The van der Waals surface area contributed by atoms with E-state index < -0.39 is 0 Å². The summed E-state index contributed by atoms with van der Waals surface area (Å²) >= 11 is 0. The maximum Gasteiger partial charge on any atom is 0.279 e. The van der Waals surface area contributed by atoms with Gasteiger partial charge in [0, 0.05) is 6.54 Å². The van der Waals surface area contributed by atoms with Crippen molar-refractivity contribution in [2.45, 2.75) is 19.5 Å². The Bertz CT molecular complexity index is 908. The number of carbonyl (C=O) groups excluding carboxylic acids is 2. The monoisotopic (exact) mass is 378 g/mol. The molecule has 0 fully saturated rings. The van der Waals surface area contributed by atoms with Crippen molar-refractivity contribution in [3.05, 3.63) is 89.9 Å². The van der Waals surface area contributed by atoms with Gasteiger partial charge in [0.25, 0.3) is 11.8 Å². The molecule has 3 rings (SSSR count). The van der Waals surface area contributed by atoms with E-state index in [4.69, 9.17) is 4.42 Å². The van der Waals surface area contributed by atoms with E-state index in [9.17, 15) is 9.59 Å². The average molecular weight is 378 g/mol. The van der Waals surface area contributed by atoms with Crippen molar-refractivity contribution in [3.8, 4) is 0 Å². The van der Waals surface area contributed by atoms with Gasteiger partial charge in [0.05, 0.1) is 17.5 Å². The first-order valence-electron chi connectivity index (χ1n) is 9.21. The molecule has 6 nitrogen and oxygen atoms in total. The summed E-state index contributed by atoms with van der Waals surface area (Å²) in [5.74, 6) is 0.405. The zero-order chi connectivity index (χ0) is 19.8. The predicted octanol–water partition coefficient (Wildman–Crippen LogP) is 2.47. The van der Waals surface area contributed by atoms with Crippen LogP contribution in [0.2, 0.25) is 0 Å². The van der Waals surface area contributed by atoms with Gasteiger partial charge < -0.3 is 20.4 Å². The topological polar surface area (TPSA) is 88.0 Å². The summed E-state index contributed by atoms with van der Waals surface area (Å²) in [5, 5.41) is 7.60. The number of nitrogens with one attached hydrogen (secondary N) is 2. The third-order valence-electron chi connectivity index (χ3n) is 4.39. The summed E-state index contributed by atoms with van der Waals surface area (Å²) in [7, 11) is 0. The molecule has 144 valence electrons. The van der Waals surface area contributed by atoms with Crippen LogP contribution in [0.4, 0.5) is 5.69 Å². The quantitative estimate of drug-likeness (QED) is 0.563. The standard InChI is InChI=1S/C22H23N3O3/c1-16(20-12-7-13-28-20)23-15-21(26)25-19-11-6-5-10-18(19)22(27)24-14-17-8-3-2-4-9-17/h2-13,16,23H,14-15H2,1H3,(H,24,27)(H,25,26)/p+1/t16-/m0/s1. The number of benzene rings is 2. The minimum Gasteiger partial charge on any atom is -0.463 e. The fraction of sp³-hybridized carbons (Fsp3) is 0.182. The minimum absolute atomic E-state index is 0.0326. The summed E-state index contributed by atoms with van der Waals surface area (Å²) in [6.07, 6.45) is 1.62. The molecule has 6 heteroatoms. The van der Waals surface area contributed by atoms with Gasteiger partial charge in [-0.3, -0.25) is 9.59 Å². The highest BCUT2D eigenvalue weighted by Crippen LogP contribution is 2.15. The van der Waals surface area contributed by atoms with Crippen molar-refractivity contribution in [3.63, 3.8) is 0 Å². The Kier molecular flexibility index (Phi) is 6.59. The summed E-state index contributed by atoms with van der Waals surface area (Å²) in [4.78, 5) is 24.9. The highest BCUT2D eigenvalue weighted by atomic mass is 16.3. The number of amides is 2. The van der Waals surface area contributed by atoms with Crippen molar-refractivity contribution in [1.29, 1.82) is 0 Å². The highest BCUT2D eigenvalue weighted by molar-refractivity contribution is 6.03. The van der Waals surface area contributed by atoms with E-state index in [0.29, 0.717) is 17.8 Å². The van der Waals surface area contributed by atoms with Gasteiger partial charge in [0.2, 0.25) is 0 Å². The molecular weight excluding hydrogens is 354 g/mol. The largest absolute Gasteiger partial charge is 0.463 e. The molecule has 0 bridgehead atoms. The van der Waals surface area contributed by atoms with Gasteiger partial charge in [0.1, 0.15) is 6.04 Å². The molecule has 0 radical (unpaired) electrons. The summed E-state index contributed by atoms with van der Waals surface area (Å²) in [5.41, 5.74) is 1.95. The van der Waals surface area contributed by atoms with Crippen LogP contribution in [0.3, 0.4) is 0 Å². The van der Waals surface area contributed by atoms with E-state index in [1.165, 1.54) is 0 Å². The minimum atomic E-state index is -0.229. The molecular formula is C22H24N3O3+. The van der Waals surface area contributed by atoms with Gasteiger partial charge in [-0.25, -0.2) is 0 Å². The molecule has 3 aromatic rings. The second-order valence-corrected chi connectivity index (χ2v) is 6.51. The van der Waals surface area contributed by atoms with Gasteiger partial charge in [-0.05, 0) is 36.8 Å². The Morgan fingerprint density at radius 3 is 2.50 bits per heavy atom. The molecule has 0 spiro atoms. The first-order valence-corrected chi connectivity index (χ1v) is 9.21. The van der Waals surface area contributed by atoms with Crippen molar-refractivity contribution in [1.82, 2.24) is 5.32 Å². The number of para-hydroxylation sites is 1. The molecule has 0 saturated carbocycles. The van der Waals surface area contributed by atoms with Crippen LogP contribution in [0.5, 0.6) is 0 Å². The molecule has 1 heterocycles. The molecule has 0 unspecified atom stereocenters. The van der Waals surface area contributed by atoms with Crippen molar-refractivity contribution < 1.29 is 19.3 Å². The number of quaternary nitrogens is 1. The first kappa shape index (κ1) is 19.4. The van der Waals surface area contributed by atoms with Crippen LogP contribution in [-0.2, 0) is 11.3 Å². The lowest BCUT2D eigenvalue weighted by Crippen LogP contribution is -2.86. The molecule has 0 aliphatic heterocycles. The molecule has 2 aromatic carbocycles. The number of hydrogen-bond acceptors (Lipinski definition) is 3. The number of furan rings is 1. The van der Waals surface area contributed by atoms with Crippen molar-refractivity contribution >= 4 is 17.5 Å². The van der Waals surface area contributed by atoms with E-state index in [0.717, 1.165) is 11.3 Å². The second-order valence-electron chi connectivity index (χ2n) is 6.51. The smallest absolute Gasteiger partial charge is 0.279 e. The van der Waals surface area contributed by atoms with Gasteiger partial charge in [-0.15, -0.1) is 0 Å². The van der Waals surface area contributed by atoms with E-state index in [1.54, 1.807) is 30.5 Å². The molecule has 0 aliphatic carbocycles. The second kappa shape index (κ2) is 9.53. The van der Waals surface area contributed by atoms with Crippen LogP contribution in [0.25, 0.3) is 0 Å². The zero-order valence-electron chi connectivity index (χ0n) is 15.7. The molecule has 1 aromatic heterocycles. The SMILES string of the molecule is C[C@H]([NH2+]CC(=O)Nc1ccccc1C(=O)NCc1ccccc1)c1ccco1. The fourth-order valence-corrected chi connectivity index (χ4v) is 2.82. The maximum absolute atomic E-state index is 12.6. The molecule has 1 atom stereocenters. The lowest BCUT2D eigenvalue weighted by atomic mass is 10.1. The molecule has 4 N–H and O–H groups in total. The molecule has 0 aliphatic rings. The van der Waals surface area contributed by atoms with Gasteiger partial charge >= 0.3 is 0 Å². The van der Waals surface area contributed by atoms with Gasteiger partial charge in [-0.2, -0.15) is 0 Å². The van der Waals surface area contributed by atoms with Crippen LogP contribution in [0.1, 0.15) is 34.6 Å². The molecule has 2 amide bonds. The number of anilines is 1. The average Bonchev–Trinajstić information content (AvgIpc) is 3.26. The Labute approximate surface area is 164 Å². The van der Waals surface area contributed by atoms with Crippen LogP contribution in [0.15, 0.2) is 77.4 Å². The number of rotatable bonds is 8. The normalized spacial score (nSPS) is 11.6. The van der Waals surface area contributed by atoms with Gasteiger partial charge in [0.15, 0.2) is 12.3 Å². The predicted molar refractivity (Wildman–Crippen MR) is 107 cm³/mol. The van der Waals surface area contributed by atoms with E-state index in [1.807, 2.05) is 54.7 Å².